The third kappa shape index (κ3) is 6.03. The third-order valence-electron chi connectivity index (χ3n) is 3.09. The van der Waals surface area contributed by atoms with E-state index in [1.54, 1.807) is 6.92 Å². The number of unbranched alkanes of at least 4 members (excludes halogenated alkanes) is 3. The second kappa shape index (κ2) is 9.43. The Balaban J connectivity index is 2.48. The number of ether oxygens (including phenoxy) is 2. The van der Waals surface area contributed by atoms with Crippen LogP contribution in [0.4, 0.5) is 0 Å². The Hall–Kier alpha value is -1.59. The Bertz CT molecular complexity index is 515. The second-order valence-corrected chi connectivity index (χ2v) is 5.35. The summed E-state index contributed by atoms with van der Waals surface area (Å²) in [6.45, 7) is 4.24. The molecule has 5 nitrogen and oxygen atoms in total. The van der Waals surface area contributed by atoms with Crippen molar-refractivity contribution in [1.29, 1.82) is 0 Å². The molecule has 0 aliphatic carbocycles. The number of aromatic carboxylic acids is 1. The molecule has 1 aromatic rings. The molecule has 0 saturated carbocycles. The third-order valence-corrected chi connectivity index (χ3v) is 3.38. The first-order valence-corrected chi connectivity index (χ1v) is 7.69. The zero-order chi connectivity index (χ0) is 16.5. The Morgan fingerprint density at radius 3 is 2.59 bits per heavy atom. The number of hydrogen-bond acceptors (Lipinski definition) is 4. The fourth-order valence-corrected chi connectivity index (χ4v) is 1.98. The molecule has 1 N–H and O–H groups in total. The standard InChI is InChI=1S/C16H21ClO5/c1-3-4-5-6-9-21-11(2)16(20)22-14-8-7-12(15(18)19)10-13(14)17/h7-8,10-11H,3-6,9H2,1-2H3,(H,18,19)/t11-/m1/s1. The monoisotopic (exact) mass is 328 g/mol. The quantitative estimate of drug-likeness (QED) is 0.422. The molecule has 0 amide bonds. The molecule has 0 radical (unpaired) electrons. The summed E-state index contributed by atoms with van der Waals surface area (Å²) in [4.78, 5) is 22.7. The van der Waals surface area contributed by atoms with Crippen molar-refractivity contribution in [2.75, 3.05) is 6.61 Å². The van der Waals surface area contributed by atoms with Crippen molar-refractivity contribution in [3.8, 4) is 5.75 Å². The summed E-state index contributed by atoms with van der Waals surface area (Å²) in [5, 5.41) is 8.92. The molecular formula is C16H21ClO5. The predicted octanol–water partition coefficient (Wildman–Crippen LogP) is 3.93. The lowest BCUT2D eigenvalue weighted by molar-refractivity contribution is -0.146. The summed E-state index contributed by atoms with van der Waals surface area (Å²) >= 11 is 5.90. The van der Waals surface area contributed by atoms with E-state index in [0.717, 1.165) is 25.7 Å². The predicted molar refractivity (Wildman–Crippen MR) is 83.6 cm³/mol. The van der Waals surface area contributed by atoms with E-state index in [9.17, 15) is 9.59 Å². The molecule has 122 valence electrons. The molecule has 0 saturated heterocycles. The molecule has 1 aromatic carbocycles. The van der Waals surface area contributed by atoms with Crippen LogP contribution in [0.2, 0.25) is 5.02 Å². The molecule has 1 rings (SSSR count). The molecule has 0 aliphatic heterocycles. The highest BCUT2D eigenvalue weighted by atomic mass is 35.5. The van der Waals surface area contributed by atoms with Crippen molar-refractivity contribution in [3.05, 3.63) is 28.8 Å². The minimum Gasteiger partial charge on any atom is -0.478 e. The Labute approximate surface area is 135 Å². The van der Waals surface area contributed by atoms with Gasteiger partial charge in [0, 0.05) is 6.61 Å². The summed E-state index contributed by atoms with van der Waals surface area (Å²) in [7, 11) is 0. The normalized spacial score (nSPS) is 12.0. The smallest absolute Gasteiger partial charge is 0.340 e. The molecule has 0 bridgehead atoms. The first kappa shape index (κ1) is 18.5. The van der Waals surface area contributed by atoms with Crippen molar-refractivity contribution in [2.45, 2.75) is 45.6 Å². The van der Waals surface area contributed by atoms with Crippen LogP contribution in [0.25, 0.3) is 0 Å². The van der Waals surface area contributed by atoms with Crippen LogP contribution >= 0.6 is 11.6 Å². The van der Waals surface area contributed by atoms with Gasteiger partial charge < -0.3 is 14.6 Å². The van der Waals surface area contributed by atoms with Crippen molar-refractivity contribution >= 4 is 23.5 Å². The van der Waals surface area contributed by atoms with Gasteiger partial charge in [0.25, 0.3) is 0 Å². The lowest BCUT2D eigenvalue weighted by atomic mass is 10.2. The van der Waals surface area contributed by atoms with Crippen molar-refractivity contribution < 1.29 is 24.2 Å². The van der Waals surface area contributed by atoms with Crippen LogP contribution in [0.15, 0.2) is 18.2 Å². The molecule has 0 unspecified atom stereocenters. The van der Waals surface area contributed by atoms with E-state index in [4.69, 9.17) is 26.2 Å². The number of rotatable bonds is 9. The van der Waals surface area contributed by atoms with Crippen LogP contribution in [0.3, 0.4) is 0 Å². The molecule has 22 heavy (non-hydrogen) atoms. The van der Waals surface area contributed by atoms with E-state index < -0.39 is 18.0 Å². The number of carbonyl (C=O) groups excluding carboxylic acids is 1. The molecular weight excluding hydrogens is 308 g/mol. The number of halogens is 1. The summed E-state index contributed by atoms with van der Waals surface area (Å²) in [5.74, 6) is -1.53. The average molecular weight is 329 g/mol. The Kier molecular flexibility index (Phi) is 7.91. The largest absolute Gasteiger partial charge is 0.478 e. The number of benzene rings is 1. The van der Waals surface area contributed by atoms with E-state index in [1.807, 2.05) is 0 Å². The fourth-order valence-electron chi connectivity index (χ4n) is 1.76. The van der Waals surface area contributed by atoms with Crippen LogP contribution in [-0.2, 0) is 9.53 Å². The molecule has 0 aliphatic rings. The highest BCUT2D eigenvalue weighted by Crippen LogP contribution is 2.26. The van der Waals surface area contributed by atoms with Crippen LogP contribution in [-0.4, -0.2) is 29.8 Å². The molecule has 0 aromatic heterocycles. The lowest BCUT2D eigenvalue weighted by Crippen LogP contribution is -2.26. The van der Waals surface area contributed by atoms with Crippen LogP contribution in [0.1, 0.15) is 49.9 Å². The number of carboxylic acids is 1. The molecule has 6 heteroatoms. The van der Waals surface area contributed by atoms with E-state index in [2.05, 4.69) is 6.92 Å². The van der Waals surface area contributed by atoms with Gasteiger partial charge in [-0.2, -0.15) is 0 Å². The van der Waals surface area contributed by atoms with E-state index in [-0.39, 0.29) is 16.3 Å². The maximum atomic E-state index is 11.9. The highest BCUT2D eigenvalue weighted by Gasteiger charge is 2.18. The zero-order valence-corrected chi connectivity index (χ0v) is 13.6. The zero-order valence-electron chi connectivity index (χ0n) is 12.8. The van der Waals surface area contributed by atoms with Crippen LogP contribution in [0, 0.1) is 0 Å². The number of carboxylic acid groups (broad SMARTS) is 1. The van der Waals surface area contributed by atoms with Gasteiger partial charge in [0.15, 0.2) is 6.10 Å². The number of hydrogen-bond donors (Lipinski definition) is 1. The highest BCUT2D eigenvalue weighted by molar-refractivity contribution is 6.32. The van der Waals surface area contributed by atoms with Gasteiger partial charge in [-0.3, -0.25) is 0 Å². The SMILES string of the molecule is CCCCCCO[C@H](C)C(=O)Oc1ccc(C(=O)O)cc1Cl. The van der Waals surface area contributed by atoms with E-state index >= 15 is 0 Å². The van der Waals surface area contributed by atoms with Gasteiger partial charge >= 0.3 is 11.9 Å². The minimum atomic E-state index is -1.09. The Morgan fingerprint density at radius 1 is 1.27 bits per heavy atom. The molecule has 0 heterocycles. The average Bonchev–Trinajstić information content (AvgIpc) is 2.48. The van der Waals surface area contributed by atoms with E-state index in [0.29, 0.717) is 6.61 Å². The van der Waals surface area contributed by atoms with Gasteiger partial charge in [-0.15, -0.1) is 0 Å². The van der Waals surface area contributed by atoms with E-state index in [1.165, 1.54) is 18.2 Å². The fraction of sp³-hybridized carbons (Fsp3) is 0.500. The van der Waals surface area contributed by atoms with Gasteiger partial charge in [-0.05, 0) is 31.5 Å². The van der Waals surface area contributed by atoms with Gasteiger partial charge in [-0.1, -0.05) is 37.8 Å². The number of carbonyl (C=O) groups is 2. The first-order chi connectivity index (χ1) is 10.5. The molecule has 0 spiro atoms. The first-order valence-electron chi connectivity index (χ1n) is 7.31. The van der Waals surface area contributed by atoms with Crippen LogP contribution < -0.4 is 4.74 Å². The van der Waals surface area contributed by atoms with Crippen molar-refractivity contribution in [1.82, 2.24) is 0 Å². The number of esters is 1. The minimum absolute atomic E-state index is 0.0324. The lowest BCUT2D eigenvalue weighted by Gasteiger charge is -2.13. The summed E-state index contributed by atoms with van der Waals surface area (Å²) < 4.78 is 10.5. The topological polar surface area (TPSA) is 72.8 Å². The molecule has 0 fully saturated rings. The Morgan fingerprint density at radius 2 is 2.00 bits per heavy atom. The summed E-state index contributed by atoms with van der Waals surface area (Å²) in [6.07, 6.45) is 3.56. The van der Waals surface area contributed by atoms with Gasteiger partial charge in [-0.25, -0.2) is 9.59 Å². The maximum absolute atomic E-state index is 11.9. The molecule has 1 atom stereocenters. The van der Waals surface area contributed by atoms with Crippen LogP contribution in [0.5, 0.6) is 5.75 Å². The summed E-state index contributed by atoms with van der Waals surface area (Å²) in [5.41, 5.74) is 0.0324. The van der Waals surface area contributed by atoms with Gasteiger partial charge in [0.2, 0.25) is 0 Å². The second-order valence-electron chi connectivity index (χ2n) is 4.95. The van der Waals surface area contributed by atoms with Crippen molar-refractivity contribution in [3.63, 3.8) is 0 Å². The maximum Gasteiger partial charge on any atom is 0.340 e. The van der Waals surface area contributed by atoms with Gasteiger partial charge in [0.05, 0.1) is 10.6 Å². The summed E-state index contributed by atoms with van der Waals surface area (Å²) in [6, 6.07) is 3.92. The van der Waals surface area contributed by atoms with Crippen molar-refractivity contribution in [2.24, 2.45) is 0 Å². The van der Waals surface area contributed by atoms with Gasteiger partial charge in [0.1, 0.15) is 5.75 Å².